The summed E-state index contributed by atoms with van der Waals surface area (Å²) in [5, 5.41) is 6.87. The number of aromatic nitrogens is 2. The number of hydrogen-bond acceptors (Lipinski definition) is 7. The maximum Gasteiger partial charge on any atom is 0.236 e. The summed E-state index contributed by atoms with van der Waals surface area (Å²) < 4.78 is 4.17. The van der Waals surface area contributed by atoms with Gasteiger partial charge in [-0.3, -0.25) is 14.9 Å². The molecule has 0 unspecified atom stereocenters. The Morgan fingerprint density at radius 1 is 1.07 bits per heavy atom. The summed E-state index contributed by atoms with van der Waals surface area (Å²) in [7, 11) is 0. The summed E-state index contributed by atoms with van der Waals surface area (Å²) in [5.74, 6) is 1.06. The van der Waals surface area contributed by atoms with Crippen molar-refractivity contribution in [2.24, 2.45) is 5.41 Å². The smallest absolute Gasteiger partial charge is 0.236 e. The van der Waals surface area contributed by atoms with Gasteiger partial charge in [-0.2, -0.15) is 9.36 Å². The molecule has 2 N–H and O–H groups in total. The highest BCUT2D eigenvalue weighted by Gasteiger charge is 2.16. The van der Waals surface area contributed by atoms with Crippen LogP contribution in [-0.4, -0.2) is 32.7 Å². The second kappa shape index (κ2) is 10.1. The van der Waals surface area contributed by atoms with E-state index in [4.69, 9.17) is 0 Å². The van der Waals surface area contributed by atoms with Gasteiger partial charge >= 0.3 is 0 Å². The normalized spacial score (nSPS) is 11.3. The standard InChI is InChI=1S/C18H24N4O2S3/c1-5-25-17-21-16(27-22-17)20-15(24)11-26-13-8-6-12(7-9-13)19-14(23)10-18(2,3)4/h6-9H,5,10-11H2,1-4H3,(H,19,23)(H,20,21,22,24). The number of rotatable bonds is 8. The number of amides is 2. The minimum absolute atomic E-state index is 0.0000521. The van der Waals surface area contributed by atoms with E-state index in [9.17, 15) is 9.59 Å². The molecular weight excluding hydrogens is 400 g/mol. The van der Waals surface area contributed by atoms with Gasteiger partial charge in [0.1, 0.15) is 0 Å². The van der Waals surface area contributed by atoms with Gasteiger partial charge in [0.05, 0.1) is 5.75 Å². The summed E-state index contributed by atoms with van der Waals surface area (Å²) in [6, 6.07) is 7.48. The molecule has 146 valence electrons. The fourth-order valence-electron chi connectivity index (χ4n) is 2.07. The van der Waals surface area contributed by atoms with Gasteiger partial charge in [0.25, 0.3) is 0 Å². The minimum Gasteiger partial charge on any atom is -0.326 e. The van der Waals surface area contributed by atoms with Crippen molar-refractivity contribution in [1.29, 1.82) is 0 Å². The average molecular weight is 425 g/mol. The van der Waals surface area contributed by atoms with Crippen molar-refractivity contribution in [3.05, 3.63) is 24.3 Å². The Kier molecular flexibility index (Phi) is 8.12. The number of nitrogens with zero attached hydrogens (tertiary/aromatic N) is 2. The van der Waals surface area contributed by atoms with Gasteiger partial charge in [-0.05, 0) is 35.4 Å². The fraction of sp³-hybridized carbons (Fsp3) is 0.444. The van der Waals surface area contributed by atoms with E-state index < -0.39 is 0 Å². The number of anilines is 2. The van der Waals surface area contributed by atoms with Crippen molar-refractivity contribution >= 4 is 57.7 Å². The quantitative estimate of drug-likeness (QED) is 0.595. The van der Waals surface area contributed by atoms with Crippen LogP contribution in [0.1, 0.15) is 34.1 Å². The molecule has 0 fully saturated rings. The molecule has 0 saturated heterocycles. The van der Waals surface area contributed by atoms with Crippen LogP contribution < -0.4 is 10.6 Å². The topological polar surface area (TPSA) is 84.0 Å². The highest BCUT2D eigenvalue weighted by atomic mass is 32.2. The van der Waals surface area contributed by atoms with Gasteiger partial charge in [0, 0.05) is 28.5 Å². The van der Waals surface area contributed by atoms with Crippen LogP contribution in [0.15, 0.2) is 34.3 Å². The third-order valence-corrected chi connectivity index (χ3v) is 5.61. The molecule has 0 saturated carbocycles. The van der Waals surface area contributed by atoms with Gasteiger partial charge in [0.2, 0.25) is 22.1 Å². The summed E-state index contributed by atoms with van der Waals surface area (Å²) in [6.45, 7) is 8.12. The summed E-state index contributed by atoms with van der Waals surface area (Å²) in [5.41, 5.74) is 0.712. The highest BCUT2D eigenvalue weighted by molar-refractivity contribution is 8.00. The van der Waals surface area contributed by atoms with E-state index in [2.05, 4.69) is 20.0 Å². The van der Waals surface area contributed by atoms with Gasteiger partial charge in [-0.25, -0.2) is 0 Å². The Labute approximate surface area is 172 Å². The van der Waals surface area contributed by atoms with E-state index >= 15 is 0 Å². The Bertz CT molecular complexity index is 770. The van der Waals surface area contributed by atoms with Gasteiger partial charge in [0.15, 0.2) is 0 Å². The maximum atomic E-state index is 12.0. The lowest BCUT2D eigenvalue weighted by Gasteiger charge is -2.17. The number of nitrogens with one attached hydrogen (secondary N) is 2. The van der Waals surface area contributed by atoms with E-state index in [0.717, 1.165) is 16.3 Å². The first kappa shape index (κ1) is 21.7. The van der Waals surface area contributed by atoms with Crippen LogP contribution >= 0.6 is 35.1 Å². The van der Waals surface area contributed by atoms with Crippen molar-refractivity contribution in [3.8, 4) is 0 Å². The third kappa shape index (κ3) is 8.32. The molecule has 1 heterocycles. The predicted molar refractivity (Wildman–Crippen MR) is 115 cm³/mol. The number of carbonyl (C=O) groups excluding carboxylic acids is 2. The Morgan fingerprint density at radius 3 is 2.41 bits per heavy atom. The lowest BCUT2D eigenvalue weighted by Crippen LogP contribution is -2.19. The highest BCUT2D eigenvalue weighted by Crippen LogP contribution is 2.23. The van der Waals surface area contributed by atoms with E-state index in [1.807, 2.05) is 52.0 Å². The molecule has 9 heteroatoms. The number of hydrogen-bond donors (Lipinski definition) is 2. The molecule has 2 rings (SSSR count). The van der Waals surface area contributed by atoms with Crippen molar-refractivity contribution in [2.45, 2.75) is 44.2 Å². The Morgan fingerprint density at radius 2 is 1.78 bits per heavy atom. The zero-order valence-corrected chi connectivity index (χ0v) is 18.3. The van der Waals surface area contributed by atoms with Crippen LogP contribution in [0.25, 0.3) is 0 Å². The minimum atomic E-state index is -0.119. The second-order valence-corrected chi connectivity index (χ2v) is 9.99. The molecule has 0 radical (unpaired) electrons. The molecule has 0 aliphatic carbocycles. The van der Waals surface area contributed by atoms with Crippen molar-refractivity contribution in [1.82, 2.24) is 9.36 Å². The Balaban J connectivity index is 1.78. The van der Waals surface area contributed by atoms with E-state index in [-0.39, 0.29) is 23.0 Å². The zero-order chi connectivity index (χ0) is 19.9. The van der Waals surface area contributed by atoms with Crippen LogP contribution in [0.5, 0.6) is 0 Å². The monoisotopic (exact) mass is 424 g/mol. The lowest BCUT2D eigenvalue weighted by atomic mass is 9.92. The van der Waals surface area contributed by atoms with Gasteiger partial charge < -0.3 is 5.32 Å². The Hall–Kier alpha value is -1.58. The number of carbonyl (C=O) groups is 2. The number of thioether (sulfide) groups is 2. The summed E-state index contributed by atoms with van der Waals surface area (Å²) >= 11 is 4.16. The van der Waals surface area contributed by atoms with Gasteiger partial charge in [-0.1, -0.05) is 39.5 Å². The van der Waals surface area contributed by atoms with Crippen LogP contribution in [-0.2, 0) is 9.59 Å². The van der Waals surface area contributed by atoms with Crippen LogP contribution in [0.2, 0.25) is 0 Å². The SMILES string of the molecule is CCSc1nsc(NC(=O)CSc2ccc(NC(=O)CC(C)(C)C)cc2)n1. The van der Waals surface area contributed by atoms with Crippen molar-refractivity contribution in [3.63, 3.8) is 0 Å². The zero-order valence-electron chi connectivity index (χ0n) is 15.9. The second-order valence-electron chi connectivity index (χ2n) is 6.96. The van der Waals surface area contributed by atoms with Crippen LogP contribution in [0.3, 0.4) is 0 Å². The third-order valence-electron chi connectivity index (χ3n) is 3.13. The first-order valence-corrected chi connectivity index (χ1v) is 11.3. The molecule has 0 aliphatic heterocycles. The molecule has 27 heavy (non-hydrogen) atoms. The van der Waals surface area contributed by atoms with Crippen LogP contribution in [0, 0.1) is 5.41 Å². The fourth-order valence-corrected chi connectivity index (χ4v) is 4.06. The van der Waals surface area contributed by atoms with E-state index in [1.165, 1.54) is 23.3 Å². The number of benzene rings is 1. The summed E-state index contributed by atoms with van der Waals surface area (Å²) in [4.78, 5) is 29.2. The first-order chi connectivity index (χ1) is 12.7. The van der Waals surface area contributed by atoms with E-state index in [0.29, 0.717) is 16.7 Å². The predicted octanol–water partition coefficient (Wildman–Crippen LogP) is 4.76. The molecule has 0 atom stereocenters. The first-order valence-electron chi connectivity index (χ1n) is 8.54. The molecule has 0 aliphatic rings. The molecule has 1 aromatic carbocycles. The molecule has 2 amide bonds. The molecule has 0 spiro atoms. The lowest BCUT2D eigenvalue weighted by molar-refractivity contribution is -0.118. The molecule has 2 aromatic rings. The molecule has 1 aromatic heterocycles. The average Bonchev–Trinajstić information content (AvgIpc) is 3.00. The molecular formula is C18H24N4O2S3. The largest absolute Gasteiger partial charge is 0.326 e. The van der Waals surface area contributed by atoms with Crippen molar-refractivity contribution < 1.29 is 9.59 Å². The van der Waals surface area contributed by atoms with Crippen molar-refractivity contribution in [2.75, 3.05) is 22.1 Å². The van der Waals surface area contributed by atoms with Crippen LogP contribution in [0.4, 0.5) is 10.8 Å². The van der Waals surface area contributed by atoms with Gasteiger partial charge in [-0.15, -0.1) is 11.8 Å². The maximum absolute atomic E-state index is 12.0. The molecule has 0 bridgehead atoms. The molecule has 6 nitrogen and oxygen atoms in total. The summed E-state index contributed by atoms with van der Waals surface area (Å²) in [6.07, 6.45) is 0.466. The van der Waals surface area contributed by atoms with E-state index in [1.54, 1.807) is 11.8 Å².